The molecule has 0 aliphatic carbocycles. The second-order valence-corrected chi connectivity index (χ2v) is 5.62. The number of esters is 1. The number of methoxy groups -OCH3 is 1. The van der Waals surface area contributed by atoms with Gasteiger partial charge in [0.15, 0.2) is 5.78 Å². The summed E-state index contributed by atoms with van der Waals surface area (Å²) >= 11 is 1.75. The number of carbonyl (C=O) groups excluding carboxylic acids is 2. The van der Waals surface area contributed by atoms with E-state index in [2.05, 4.69) is 4.74 Å². The van der Waals surface area contributed by atoms with Crippen LogP contribution in [0.1, 0.15) is 43.6 Å². The summed E-state index contributed by atoms with van der Waals surface area (Å²) in [7, 11) is 1.43. The van der Waals surface area contributed by atoms with E-state index in [4.69, 9.17) is 0 Å². The molecule has 1 aromatic rings. The molecule has 0 aliphatic rings. The number of ketones is 1. The van der Waals surface area contributed by atoms with Gasteiger partial charge in [0.1, 0.15) is 0 Å². The van der Waals surface area contributed by atoms with Crippen LogP contribution in [0.25, 0.3) is 0 Å². The summed E-state index contributed by atoms with van der Waals surface area (Å²) in [5, 5.41) is 0. The van der Waals surface area contributed by atoms with E-state index in [0.717, 1.165) is 23.3 Å². The van der Waals surface area contributed by atoms with Crippen LogP contribution in [0.15, 0.2) is 24.3 Å². The molecule has 1 rings (SSSR count). The maximum Gasteiger partial charge on any atom is 0.308 e. The number of ether oxygens (including phenoxy) is 1. The number of hydrogen-bond acceptors (Lipinski definition) is 4. The minimum atomic E-state index is -0.103. The Morgan fingerprint density at radius 2 is 1.95 bits per heavy atom. The van der Waals surface area contributed by atoms with E-state index in [1.807, 2.05) is 44.4 Å². The highest BCUT2D eigenvalue weighted by Gasteiger charge is 2.11. The molecule has 21 heavy (non-hydrogen) atoms. The standard InChI is InChI=1S/C9H10O.C7H14O2S.CH4/c1-7-4-3-5-9(6-7)8(2)10;1-6(4-5-10-3)7(8)9-2;/h3-6H,1-2H3;6H,4-5H2,1-3H3;1H4. The van der Waals surface area contributed by atoms with Crippen molar-refractivity contribution in [1.82, 2.24) is 0 Å². The number of hydrogen-bond donors (Lipinski definition) is 0. The molecule has 4 heteroatoms. The molecule has 0 saturated heterocycles. The van der Waals surface area contributed by atoms with Gasteiger partial charge in [0.05, 0.1) is 13.0 Å². The zero-order chi connectivity index (χ0) is 15.5. The lowest BCUT2D eigenvalue weighted by Crippen LogP contribution is -2.13. The first-order valence-electron chi connectivity index (χ1n) is 6.56. The summed E-state index contributed by atoms with van der Waals surface area (Å²) in [4.78, 5) is 21.6. The molecular formula is C17H28O3S. The van der Waals surface area contributed by atoms with Crippen molar-refractivity contribution in [3.63, 3.8) is 0 Å². The number of benzene rings is 1. The van der Waals surface area contributed by atoms with Crippen LogP contribution in [0.5, 0.6) is 0 Å². The summed E-state index contributed by atoms with van der Waals surface area (Å²) < 4.78 is 4.56. The van der Waals surface area contributed by atoms with Gasteiger partial charge in [-0.25, -0.2) is 0 Å². The Bertz CT molecular complexity index is 430. The predicted molar refractivity (Wildman–Crippen MR) is 92.1 cm³/mol. The fraction of sp³-hybridized carbons (Fsp3) is 0.529. The maximum atomic E-state index is 10.8. The zero-order valence-corrected chi connectivity index (χ0v) is 13.8. The van der Waals surface area contributed by atoms with Gasteiger partial charge < -0.3 is 4.74 Å². The summed E-state index contributed by atoms with van der Waals surface area (Å²) in [6, 6.07) is 7.59. The van der Waals surface area contributed by atoms with Crippen molar-refractivity contribution >= 4 is 23.5 Å². The van der Waals surface area contributed by atoms with Crippen LogP contribution < -0.4 is 0 Å². The van der Waals surface area contributed by atoms with Crippen molar-refractivity contribution in [2.24, 2.45) is 5.92 Å². The average Bonchev–Trinajstić information content (AvgIpc) is 2.44. The molecule has 0 bridgehead atoms. The summed E-state index contributed by atoms with van der Waals surface area (Å²) in [5.41, 5.74) is 1.92. The average molecular weight is 312 g/mol. The van der Waals surface area contributed by atoms with Crippen LogP contribution in [-0.4, -0.2) is 30.9 Å². The van der Waals surface area contributed by atoms with E-state index in [-0.39, 0.29) is 25.1 Å². The van der Waals surface area contributed by atoms with Gasteiger partial charge in [-0.15, -0.1) is 0 Å². The minimum Gasteiger partial charge on any atom is -0.469 e. The fourth-order valence-corrected chi connectivity index (χ4v) is 2.07. The Kier molecular flexibility index (Phi) is 13.0. The van der Waals surface area contributed by atoms with Gasteiger partial charge in [-0.1, -0.05) is 38.1 Å². The molecule has 1 atom stereocenters. The van der Waals surface area contributed by atoms with Gasteiger partial charge in [-0.2, -0.15) is 11.8 Å². The molecular weight excluding hydrogens is 284 g/mol. The second-order valence-electron chi connectivity index (χ2n) is 4.63. The second kappa shape index (κ2) is 12.5. The Balaban J connectivity index is 0. The lowest BCUT2D eigenvalue weighted by molar-refractivity contribution is -0.144. The van der Waals surface area contributed by atoms with Crippen molar-refractivity contribution in [2.45, 2.75) is 34.6 Å². The molecule has 3 nitrogen and oxygen atoms in total. The molecule has 120 valence electrons. The predicted octanol–water partition coefficient (Wildman–Crippen LogP) is 4.38. The molecule has 0 amide bonds. The number of aryl methyl sites for hydroxylation is 1. The highest BCUT2D eigenvalue weighted by atomic mass is 32.2. The third-order valence-corrected chi connectivity index (χ3v) is 3.43. The van der Waals surface area contributed by atoms with Gasteiger partial charge in [0.2, 0.25) is 0 Å². The third kappa shape index (κ3) is 10.1. The van der Waals surface area contributed by atoms with Crippen LogP contribution >= 0.6 is 11.8 Å². The topological polar surface area (TPSA) is 43.4 Å². The van der Waals surface area contributed by atoms with E-state index >= 15 is 0 Å². The quantitative estimate of drug-likeness (QED) is 0.597. The third-order valence-electron chi connectivity index (χ3n) is 2.78. The number of thioether (sulfide) groups is 1. The first-order valence-corrected chi connectivity index (χ1v) is 7.96. The Labute approximate surface area is 133 Å². The molecule has 1 aromatic carbocycles. The molecule has 0 saturated carbocycles. The molecule has 0 N–H and O–H groups in total. The molecule has 0 radical (unpaired) electrons. The van der Waals surface area contributed by atoms with Crippen molar-refractivity contribution in [2.75, 3.05) is 19.1 Å². The number of rotatable bonds is 5. The van der Waals surface area contributed by atoms with Crippen LogP contribution in [-0.2, 0) is 9.53 Å². The molecule has 0 aromatic heterocycles. The van der Waals surface area contributed by atoms with E-state index in [9.17, 15) is 9.59 Å². The highest BCUT2D eigenvalue weighted by Crippen LogP contribution is 2.07. The summed E-state index contributed by atoms with van der Waals surface area (Å²) in [6.45, 7) is 5.45. The highest BCUT2D eigenvalue weighted by molar-refractivity contribution is 7.98. The Morgan fingerprint density at radius 1 is 1.33 bits per heavy atom. The van der Waals surface area contributed by atoms with E-state index in [1.165, 1.54) is 7.11 Å². The van der Waals surface area contributed by atoms with E-state index in [1.54, 1.807) is 18.7 Å². The first kappa shape index (κ1) is 22.0. The first-order chi connectivity index (χ1) is 9.42. The van der Waals surface area contributed by atoms with Crippen LogP contribution in [0.3, 0.4) is 0 Å². The maximum absolute atomic E-state index is 10.8. The zero-order valence-electron chi connectivity index (χ0n) is 12.9. The minimum absolute atomic E-state index is 0. The largest absolute Gasteiger partial charge is 0.469 e. The SMILES string of the molecule is C.CC(=O)c1cccc(C)c1.COC(=O)C(C)CCSC. The number of Topliss-reactive ketones (excluding diaryl/α,β-unsaturated/α-hetero) is 1. The van der Waals surface area contributed by atoms with Crippen LogP contribution in [0, 0.1) is 12.8 Å². The number of carbonyl (C=O) groups is 2. The van der Waals surface area contributed by atoms with Crippen molar-refractivity contribution in [3.05, 3.63) is 35.4 Å². The van der Waals surface area contributed by atoms with E-state index < -0.39 is 0 Å². The van der Waals surface area contributed by atoms with Gasteiger partial charge in [-0.05, 0) is 38.3 Å². The molecule has 0 heterocycles. The van der Waals surface area contributed by atoms with Crippen molar-refractivity contribution < 1.29 is 14.3 Å². The van der Waals surface area contributed by atoms with Gasteiger partial charge in [0, 0.05) is 5.56 Å². The van der Waals surface area contributed by atoms with Crippen molar-refractivity contribution in [3.8, 4) is 0 Å². The van der Waals surface area contributed by atoms with Crippen LogP contribution in [0.4, 0.5) is 0 Å². The van der Waals surface area contributed by atoms with Gasteiger partial charge in [0.25, 0.3) is 0 Å². The molecule has 0 fully saturated rings. The lowest BCUT2D eigenvalue weighted by Gasteiger charge is -2.06. The normalized spacial score (nSPS) is 10.5. The van der Waals surface area contributed by atoms with E-state index in [0.29, 0.717) is 0 Å². The Hall–Kier alpha value is -1.29. The van der Waals surface area contributed by atoms with Crippen LogP contribution in [0.2, 0.25) is 0 Å². The smallest absolute Gasteiger partial charge is 0.308 e. The van der Waals surface area contributed by atoms with Crippen molar-refractivity contribution in [1.29, 1.82) is 0 Å². The summed E-state index contributed by atoms with van der Waals surface area (Å²) in [5.74, 6) is 1.10. The Morgan fingerprint density at radius 3 is 2.33 bits per heavy atom. The fourth-order valence-electron chi connectivity index (χ4n) is 1.48. The molecule has 0 spiro atoms. The monoisotopic (exact) mass is 312 g/mol. The summed E-state index contributed by atoms with van der Waals surface area (Å²) in [6.07, 6.45) is 2.94. The van der Waals surface area contributed by atoms with Gasteiger partial charge in [-0.3, -0.25) is 9.59 Å². The molecule has 1 unspecified atom stereocenters. The van der Waals surface area contributed by atoms with Gasteiger partial charge >= 0.3 is 5.97 Å². The molecule has 0 aliphatic heterocycles. The lowest BCUT2D eigenvalue weighted by atomic mass is 10.1.